The van der Waals surface area contributed by atoms with E-state index in [9.17, 15) is 9.90 Å². The van der Waals surface area contributed by atoms with Crippen molar-refractivity contribution >= 4 is 24.3 Å². The molecule has 1 aliphatic heterocycles. The van der Waals surface area contributed by atoms with Crippen molar-refractivity contribution in [1.29, 1.82) is 0 Å². The summed E-state index contributed by atoms with van der Waals surface area (Å²) < 4.78 is 5.11. The normalized spacial score (nSPS) is 20.1. The molecule has 1 aliphatic rings. The van der Waals surface area contributed by atoms with Crippen molar-refractivity contribution in [1.82, 2.24) is 4.90 Å². The van der Waals surface area contributed by atoms with Crippen LogP contribution in [0.5, 0.6) is 0 Å². The number of ether oxygens (including phenoxy) is 1. The molecule has 0 aliphatic carbocycles. The van der Waals surface area contributed by atoms with E-state index in [1.54, 1.807) is 18.1 Å². The molecule has 0 spiro atoms. The Kier molecular flexibility index (Phi) is 7.41. The van der Waals surface area contributed by atoms with E-state index in [0.717, 1.165) is 31.2 Å². The molecule has 5 nitrogen and oxygen atoms in total. The van der Waals surface area contributed by atoms with Crippen molar-refractivity contribution < 1.29 is 14.6 Å². The summed E-state index contributed by atoms with van der Waals surface area (Å²) in [5.74, 6) is -0.0621. The Morgan fingerprint density at radius 2 is 2.32 bits per heavy atom. The van der Waals surface area contributed by atoms with Gasteiger partial charge < -0.3 is 14.7 Å². The molecule has 0 aromatic heterocycles. The molecule has 138 valence electrons. The number of amides is 2. The van der Waals surface area contributed by atoms with Crippen LogP contribution in [-0.4, -0.2) is 49.6 Å². The van der Waals surface area contributed by atoms with Crippen LogP contribution in [-0.2, 0) is 10.3 Å². The Morgan fingerprint density at radius 3 is 3.00 bits per heavy atom. The number of unbranched alkanes of at least 4 members (excludes halogenated alkanes) is 1. The van der Waals surface area contributed by atoms with E-state index in [4.69, 9.17) is 16.3 Å². The van der Waals surface area contributed by atoms with Gasteiger partial charge in [-0.25, -0.2) is 9.79 Å². The number of urea groups is 1. The summed E-state index contributed by atoms with van der Waals surface area (Å²) in [6.07, 6.45) is 4.01. The van der Waals surface area contributed by atoms with Crippen LogP contribution in [0.3, 0.4) is 0 Å². The smallest absolute Gasteiger partial charge is 0.342 e. The molecule has 0 radical (unpaired) electrons. The van der Waals surface area contributed by atoms with Crippen LogP contribution in [0.15, 0.2) is 29.3 Å². The maximum atomic E-state index is 11.9. The zero-order valence-electron chi connectivity index (χ0n) is 14.8. The van der Waals surface area contributed by atoms with E-state index in [1.807, 2.05) is 18.2 Å². The second-order valence-corrected chi connectivity index (χ2v) is 7.05. The number of rotatable bonds is 7. The van der Waals surface area contributed by atoms with Crippen LogP contribution in [0, 0.1) is 5.92 Å². The molecule has 1 aromatic rings. The Morgan fingerprint density at radius 1 is 1.52 bits per heavy atom. The van der Waals surface area contributed by atoms with Gasteiger partial charge in [0.05, 0.1) is 5.60 Å². The highest BCUT2D eigenvalue weighted by Gasteiger charge is 2.41. The summed E-state index contributed by atoms with van der Waals surface area (Å²) >= 11 is 6.16. The van der Waals surface area contributed by atoms with E-state index in [1.165, 1.54) is 0 Å². The Labute approximate surface area is 154 Å². The highest BCUT2D eigenvalue weighted by Crippen LogP contribution is 2.40. The van der Waals surface area contributed by atoms with E-state index < -0.39 is 5.60 Å². The number of hydrogen-bond acceptors (Lipinski definition) is 3. The van der Waals surface area contributed by atoms with Crippen molar-refractivity contribution in [3.05, 3.63) is 34.9 Å². The number of likely N-dealkylation sites (tertiary alicyclic amines) is 1. The number of nitrogens with zero attached hydrogens (tertiary/aromatic N) is 2. The number of carbonyl (C=O) groups is 1. The molecular weight excluding hydrogens is 340 g/mol. The van der Waals surface area contributed by atoms with Gasteiger partial charge in [-0.15, -0.1) is 0 Å². The number of aliphatic hydroxyl groups is 1. The molecule has 1 N–H and O–H groups in total. The first-order valence-electron chi connectivity index (χ1n) is 8.74. The second-order valence-electron chi connectivity index (χ2n) is 6.61. The van der Waals surface area contributed by atoms with Crippen LogP contribution in [0.1, 0.15) is 37.7 Å². The zero-order chi connectivity index (χ0) is 18.3. The molecule has 2 amide bonds. The fourth-order valence-corrected chi connectivity index (χ4v) is 3.81. The quantitative estimate of drug-likeness (QED) is 0.588. The van der Waals surface area contributed by atoms with Gasteiger partial charge in [0.15, 0.2) is 0 Å². The number of aliphatic imine (C=N–C) groups is 1. The van der Waals surface area contributed by atoms with Crippen LogP contribution in [0.4, 0.5) is 4.79 Å². The van der Waals surface area contributed by atoms with Gasteiger partial charge in [0, 0.05) is 37.7 Å². The summed E-state index contributed by atoms with van der Waals surface area (Å²) in [5.41, 5.74) is -0.220. The lowest BCUT2D eigenvalue weighted by atomic mass is 9.74. The third-order valence-electron chi connectivity index (χ3n) is 4.98. The Hall–Kier alpha value is -1.43. The number of hydrogen-bond donors (Lipinski definition) is 1. The van der Waals surface area contributed by atoms with Gasteiger partial charge in [0.25, 0.3) is 0 Å². The van der Waals surface area contributed by atoms with Crippen molar-refractivity contribution in [3.63, 3.8) is 0 Å². The largest absolute Gasteiger partial charge is 0.385 e. The van der Waals surface area contributed by atoms with Crippen LogP contribution in [0.25, 0.3) is 0 Å². The average Bonchev–Trinajstić information content (AvgIpc) is 2.64. The molecule has 25 heavy (non-hydrogen) atoms. The van der Waals surface area contributed by atoms with Crippen molar-refractivity contribution in [3.8, 4) is 0 Å². The monoisotopic (exact) mass is 366 g/mol. The minimum Gasteiger partial charge on any atom is -0.385 e. The van der Waals surface area contributed by atoms with Gasteiger partial charge in [-0.05, 0) is 56.5 Å². The first-order valence-corrected chi connectivity index (χ1v) is 9.12. The average molecular weight is 367 g/mol. The standard InChI is InChI=1S/C19H27ClN2O3/c1-21-18(23)22-11-6-8-16(14-22)19(24,10-3-4-12-25-2)15-7-5-9-17(20)13-15/h5,7,9,13,16,24H,1,3-4,6,8,10-12,14H2,2H3/t16-,19-/m1/s1. The molecule has 2 atom stereocenters. The number of piperidine rings is 1. The fourth-order valence-electron chi connectivity index (χ4n) is 3.62. The molecule has 1 fully saturated rings. The molecule has 1 heterocycles. The highest BCUT2D eigenvalue weighted by molar-refractivity contribution is 6.30. The topological polar surface area (TPSA) is 62.1 Å². The third kappa shape index (κ3) is 5.03. The number of carbonyl (C=O) groups excluding carboxylic acids is 1. The predicted molar refractivity (Wildman–Crippen MR) is 100 cm³/mol. The zero-order valence-corrected chi connectivity index (χ0v) is 15.5. The van der Waals surface area contributed by atoms with Crippen LogP contribution >= 0.6 is 11.6 Å². The first kappa shape index (κ1) is 19.9. The summed E-state index contributed by atoms with van der Waals surface area (Å²) in [6.45, 7) is 5.13. The van der Waals surface area contributed by atoms with E-state index in [-0.39, 0.29) is 11.9 Å². The van der Waals surface area contributed by atoms with Crippen molar-refractivity contribution in [2.75, 3.05) is 26.8 Å². The number of benzene rings is 1. The van der Waals surface area contributed by atoms with Gasteiger partial charge in [-0.3, -0.25) is 0 Å². The highest BCUT2D eigenvalue weighted by atomic mass is 35.5. The Balaban J connectivity index is 2.23. The molecule has 1 saturated heterocycles. The van der Waals surface area contributed by atoms with Crippen LogP contribution in [0.2, 0.25) is 5.02 Å². The third-order valence-corrected chi connectivity index (χ3v) is 5.22. The maximum Gasteiger partial charge on any atom is 0.342 e. The summed E-state index contributed by atoms with van der Waals surface area (Å²) in [5, 5.41) is 12.2. The van der Waals surface area contributed by atoms with Gasteiger partial charge in [0.1, 0.15) is 0 Å². The van der Waals surface area contributed by atoms with E-state index in [0.29, 0.717) is 31.1 Å². The first-order chi connectivity index (χ1) is 12.0. The lowest BCUT2D eigenvalue weighted by Crippen LogP contribution is -2.47. The van der Waals surface area contributed by atoms with E-state index in [2.05, 4.69) is 11.7 Å². The number of halogens is 1. The van der Waals surface area contributed by atoms with Crippen molar-refractivity contribution in [2.45, 2.75) is 37.7 Å². The molecule has 0 unspecified atom stereocenters. The molecule has 2 rings (SSSR count). The minimum atomic E-state index is -1.03. The van der Waals surface area contributed by atoms with Gasteiger partial charge in [-0.1, -0.05) is 23.7 Å². The SMILES string of the molecule is C=NC(=O)N1CCC[C@@H]([C@@](O)(CCCCOC)c2cccc(Cl)c2)C1. The summed E-state index contributed by atoms with van der Waals surface area (Å²) in [4.78, 5) is 17.1. The molecule has 1 aromatic carbocycles. The van der Waals surface area contributed by atoms with Gasteiger partial charge in [-0.2, -0.15) is 0 Å². The minimum absolute atomic E-state index is 0.0621. The van der Waals surface area contributed by atoms with Crippen molar-refractivity contribution in [2.24, 2.45) is 10.9 Å². The lowest BCUT2D eigenvalue weighted by molar-refractivity contribution is -0.0558. The summed E-state index contributed by atoms with van der Waals surface area (Å²) in [7, 11) is 1.68. The second kappa shape index (κ2) is 9.32. The Bertz CT molecular complexity index is 596. The van der Waals surface area contributed by atoms with Gasteiger partial charge in [0.2, 0.25) is 0 Å². The molecule has 0 bridgehead atoms. The lowest BCUT2D eigenvalue weighted by Gasteiger charge is -2.42. The molecule has 0 saturated carbocycles. The van der Waals surface area contributed by atoms with Gasteiger partial charge >= 0.3 is 6.03 Å². The predicted octanol–water partition coefficient (Wildman–Crippen LogP) is 3.88. The number of methoxy groups -OCH3 is 1. The van der Waals surface area contributed by atoms with E-state index >= 15 is 0 Å². The summed E-state index contributed by atoms with van der Waals surface area (Å²) in [6, 6.07) is 7.07. The fraction of sp³-hybridized carbons (Fsp3) is 0.579. The maximum absolute atomic E-state index is 11.9. The molecular formula is C19H27ClN2O3. The van der Waals surface area contributed by atoms with Crippen LogP contribution < -0.4 is 0 Å². The molecule has 6 heteroatoms.